The number of nitrogens with zero attached hydrogens (tertiary/aromatic N) is 2. The second kappa shape index (κ2) is 6.73. The molecule has 20 heavy (non-hydrogen) atoms. The van der Waals surface area contributed by atoms with Gasteiger partial charge in [-0.1, -0.05) is 6.92 Å². The second-order valence-corrected chi connectivity index (χ2v) is 9.03. The van der Waals surface area contributed by atoms with E-state index in [0.29, 0.717) is 25.0 Å². The number of nitrogens with one attached hydrogen (secondary N) is 1. The molecule has 1 fully saturated rings. The Balaban J connectivity index is 2.44. The summed E-state index contributed by atoms with van der Waals surface area (Å²) in [5.74, 6) is 0.541. The van der Waals surface area contributed by atoms with Gasteiger partial charge in [-0.15, -0.1) is 0 Å². The molecule has 2 atom stereocenters. The Morgan fingerprint density at radius 2 is 1.60 bits per heavy atom. The van der Waals surface area contributed by atoms with Crippen molar-refractivity contribution in [3.8, 4) is 0 Å². The number of hydrogen-bond donors (Lipinski definition) is 1. The van der Waals surface area contributed by atoms with Crippen LogP contribution in [0.2, 0.25) is 0 Å². The van der Waals surface area contributed by atoms with Gasteiger partial charge in [-0.05, 0) is 40.2 Å². The van der Waals surface area contributed by atoms with E-state index in [0.717, 1.165) is 19.6 Å². The summed E-state index contributed by atoms with van der Waals surface area (Å²) in [5.41, 5.74) is 0.142. The van der Waals surface area contributed by atoms with Crippen molar-refractivity contribution in [3.63, 3.8) is 0 Å². The largest absolute Gasteiger partial charge is 0.312 e. The first-order valence-electron chi connectivity index (χ1n) is 7.45. The van der Waals surface area contributed by atoms with Gasteiger partial charge in [0.15, 0.2) is 0 Å². The lowest BCUT2D eigenvalue weighted by Gasteiger charge is -2.39. The first kappa shape index (κ1) is 17.9. The van der Waals surface area contributed by atoms with E-state index in [2.05, 4.69) is 44.8 Å². The van der Waals surface area contributed by atoms with Crippen LogP contribution in [0.25, 0.3) is 0 Å². The lowest BCUT2D eigenvalue weighted by atomic mass is 9.99. The van der Waals surface area contributed by atoms with Gasteiger partial charge in [0.2, 0.25) is 10.0 Å². The summed E-state index contributed by atoms with van der Waals surface area (Å²) in [7, 11) is -3.03. The summed E-state index contributed by atoms with van der Waals surface area (Å²) in [6.45, 7) is 14.9. The first-order chi connectivity index (χ1) is 9.00. The van der Waals surface area contributed by atoms with Gasteiger partial charge >= 0.3 is 0 Å². The van der Waals surface area contributed by atoms with E-state index >= 15 is 0 Å². The molecule has 0 saturated carbocycles. The fraction of sp³-hybridized carbons (Fsp3) is 1.00. The van der Waals surface area contributed by atoms with E-state index in [1.165, 1.54) is 6.26 Å². The molecule has 6 heteroatoms. The molecule has 0 aliphatic carbocycles. The molecule has 1 N–H and O–H groups in total. The normalized spacial score (nSPS) is 22.7. The van der Waals surface area contributed by atoms with E-state index in [4.69, 9.17) is 0 Å². The predicted octanol–water partition coefficient (Wildman–Crippen LogP) is 0.976. The number of hydrogen-bond acceptors (Lipinski definition) is 4. The highest BCUT2D eigenvalue weighted by Crippen LogP contribution is 2.15. The van der Waals surface area contributed by atoms with Crippen LogP contribution in [0, 0.1) is 5.92 Å². The molecule has 1 saturated heterocycles. The maximum absolute atomic E-state index is 11.5. The van der Waals surface area contributed by atoms with Gasteiger partial charge in [0.25, 0.3) is 0 Å². The van der Waals surface area contributed by atoms with Gasteiger partial charge in [-0.2, -0.15) is 4.31 Å². The van der Waals surface area contributed by atoms with E-state index in [1.807, 2.05) is 0 Å². The Morgan fingerprint density at radius 3 is 2.00 bits per heavy atom. The smallest absolute Gasteiger partial charge is 0.211 e. The molecular formula is C14H31N3O2S. The lowest BCUT2D eigenvalue weighted by Crippen LogP contribution is -2.53. The SMILES string of the molecule is CC(CNC(C)(C)C)C(C)N1CCN(S(C)(=O)=O)CC1. The van der Waals surface area contributed by atoms with Gasteiger partial charge in [-0.25, -0.2) is 8.42 Å². The van der Waals surface area contributed by atoms with E-state index < -0.39 is 10.0 Å². The fourth-order valence-corrected chi connectivity index (χ4v) is 3.27. The van der Waals surface area contributed by atoms with Crippen LogP contribution in [-0.4, -0.2) is 68.2 Å². The van der Waals surface area contributed by atoms with Crippen molar-refractivity contribution >= 4 is 10.0 Å². The minimum atomic E-state index is -3.03. The van der Waals surface area contributed by atoms with E-state index in [9.17, 15) is 8.42 Å². The molecule has 0 aromatic carbocycles. The monoisotopic (exact) mass is 305 g/mol. The molecule has 1 rings (SSSR count). The Bertz CT molecular complexity index is 395. The average Bonchev–Trinajstić information content (AvgIpc) is 2.33. The highest BCUT2D eigenvalue weighted by molar-refractivity contribution is 7.88. The van der Waals surface area contributed by atoms with Crippen molar-refractivity contribution in [3.05, 3.63) is 0 Å². The quantitative estimate of drug-likeness (QED) is 0.822. The van der Waals surface area contributed by atoms with Gasteiger partial charge in [-0.3, -0.25) is 4.90 Å². The third-order valence-electron chi connectivity index (χ3n) is 4.10. The van der Waals surface area contributed by atoms with Crippen LogP contribution < -0.4 is 5.32 Å². The van der Waals surface area contributed by atoms with Crippen molar-refractivity contribution in [2.24, 2.45) is 5.92 Å². The zero-order chi connectivity index (χ0) is 15.6. The summed E-state index contributed by atoms with van der Waals surface area (Å²) < 4.78 is 24.6. The number of rotatable bonds is 5. The molecule has 120 valence electrons. The summed E-state index contributed by atoms with van der Waals surface area (Å²) >= 11 is 0. The van der Waals surface area contributed by atoms with Crippen LogP contribution in [0.3, 0.4) is 0 Å². The molecule has 0 amide bonds. The summed E-state index contributed by atoms with van der Waals surface area (Å²) in [6.07, 6.45) is 1.29. The standard InChI is InChI=1S/C14H31N3O2S/c1-12(11-15-14(3,4)5)13(2)16-7-9-17(10-8-16)20(6,18)19/h12-13,15H,7-11H2,1-6H3. The van der Waals surface area contributed by atoms with E-state index in [-0.39, 0.29) is 5.54 Å². The molecule has 2 unspecified atom stereocenters. The van der Waals surface area contributed by atoms with Crippen LogP contribution in [0.5, 0.6) is 0 Å². The third-order valence-corrected chi connectivity index (χ3v) is 5.40. The van der Waals surface area contributed by atoms with Gasteiger partial charge in [0.1, 0.15) is 0 Å². The maximum Gasteiger partial charge on any atom is 0.211 e. The molecule has 0 radical (unpaired) electrons. The molecule has 1 aliphatic heterocycles. The fourth-order valence-electron chi connectivity index (χ4n) is 2.44. The van der Waals surface area contributed by atoms with Crippen molar-refractivity contribution < 1.29 is 8.42 Å². The van der Waals surface area contributed by atoms with Crippen LogP contribution in [0.1, 0.15) is 34.6 Å². The highest BCUT2D eigenvalue weighted by Gasteiger charge is 2.28. The van der Waals surface area contributed by atoms with Crippen molar-refractivity contribution in [1.82, 2.24) is 14.5 Å². The first-order valence-corrected chi connectivity index (χ1v) is 9.30. The average molecular weight is 305 g/mol. The molecule has 1 aliphatic rings. The Hall–Kier alpha value is -0.170. The second-order valence-electron chi connectivity index (χ2n) is 7.05. The van der Waals surface area contributed by atoms with Crippen LogP contribution in [-0.2, 0) is 10.0 Å². The molecule has 0 aromatic heterocycles. The van der Waals surface area contributed by atoms with Gasteiger partial charge in [0, 0.05) is 37.8 Å². The van der Waals surface area contributed by atoms with Gasteiger partial charge < -0.3 is 5.32 Å². The number of piperazine rings is 1. The zero-order valence-electron chi connectivity index (χ0n) is 13.8. The topological polar surface area (TPSA) is 52.6 Å². The van der Waals surface area contributed by atoms with Crippen molar-refractivity contribution in [2.75, 3.05) is 39.0 Å². The molecule has 0 aromatic rings. The van der Waals surface area contributed by atoms with Crippen LogP contribution in [0.4, 0.5) is 0 Å². The van der Waals surface area contributed by atoms with Crippen LogP contribution >= 0.6 is 0 Å². The van der Waals surface area contributed by atoms with Gasteiger partial charge in [0.05, 0.1) is 6.26 Å². The summed E-state index contributed by atoms with van der Waals surface area (Å²) in [6, 6.07) is 0.464. The third kappa shape index (κ3) is 5.68. The van der Waals surface area contributed by atoms with Crippen molar-refractivity contribution in [2.45, 2.75) is 46.2 Å². The molecule has 0 spiro atoms. The maximum atomic E-state index is 11.5. The minimum Gasteiger partial charge on any atom is -0.312 e. The highest BCUT2D eigenvalue weighted by atomic mass is 32.2. The molecule has 5 nitrogen and oxygen atoms in total. The van der Waals surface area contributed by atoms with Crippen molar-refractivity contribution in [1.29, 1.82) is 0 Å². The summed E-state index contributed by atoms with van der Waals surface area (Å²) in [4.78, 5) is 2.40. The van der Waals surface area contributed by atoms with Crippen LogP contribution in [0.15, 0.2) is 0 Å². The minimum absolute atomic E-state index is 0.142. The zero-order valence-corrected chi connectivity index (χ0v) is 14.6. The summed E-state index contributed by atoms with van der Waals surface area (Å²) in [5, 5.41) is 3.54. The number of sulfonamides is 1. The van der Waals surface area contributed by atoms with E-state index in [1.54, 1.807) is 4.31 Å². The molecular weight excluding hydrogens is 274 g/mol. The lowest BCUT2D eigenvalue weighted by molar-refractivity contribution is 0.111. The molecule has 0 bridgehead atoms. The Labute approximate surface area is 124 Å². The Kier molecular flexibility index (Phi) is 6.01. The Morgan fingerprint density at radius 1 is 1.10 bits per heavy atom. The molecule has 1 heterocycles. The predicted molar refractivity (Wildman–Crippen MR) is 84.4 cm³/mol.